The van der Waals surface area contributed by atoms with Gasteiger partial charge in [0, 0.05) is 11.5 Å². The molecule has 0 amide bonds. The summed E-state index contributed by atoms with van der Waals surface area (Å²) in [6, 6.07) is 10.5. The lowest BCUT2D eigenvalue weighted by molar-refractivity contribution is -0.0830. The second kappa shape index (κ2) is 5.16. The number of hydrogen-bond acceptors (Lipinski definition) is 2. The third-order valence-corrected chi connectivity index (χ3v) is 4.67. The molecule has 1 aliphatic heterocycles. The number of ether oxygens (including phenoxy) is 1. The summed E-state index contributed by atoms with van der Waals surface area (Å²) >= 11 is 0. The predicted molar refractivity (Wildman–Crippen MR) is 84.6 cm³/mol. The van der Waals surface area contributed by atoms with Crippen molar-refractivity contribution in [1.29, 1.82) is 0 Å². The van der Waals surface area contributed by atoms with E-state index in [1.54, 1.807) is 0 Å². The molecule has 0 spiro atoms. The number of nitrogens with two attached hydrogens (primary N) is 1. The summed E-state index contributed by atoms with van der Waals surface area (Å²) < 4.78 is 6.28. The fourth-order valence-corrected chi connectivity index (χ4v) is 4.05. The van der Waals surface area contributed by atoms with Crippen molar-refractivity contribution in [2.45, 2.75) is 70.6 Å². The normalized spacial score (nSPS) is 27.2. The molecule has 112 valence electrons. The van der Waals surface area contributed by atoms with Crippen LogP contribution in [0.4, 0.5) is 0 Å². The molecule has 0 bridgehead atoms. The van der Waals surface area contributed by atoms with E-state index in [4.69, 9.17) is 10.5 Å². The third-order valence-electron chi connectivity index (χ3n) is 4.67. The van der Waals surface area contributed by atoms with E-state index >= 15 is 0 Å². The van der Waals surface area contributed by atoms with Gasteiger partial charge in [0.2, 0.25) is 0 Å². The Kier molecular flexibility index (Phi) is 4.01. The molecule has 2 atom stereocenters. The van der Waals surface area contributed by atoms with Crippen LogP contribution in [0.1, 0.15) is 59.4 Å². The maximum Gasteiger partial charge on any atom is 0.0683 e. The SMILES string of the molecule is CCCC(N)(c1ccccc1)C1CC(C)(C)OC1(C)C. The average Bonchev–Trinajstić information content (AvgIpc) is 2.59. The second-order valence-corrected chi connectivity index (χ2v) is 7.38. The summed E-state index contributed by atoms with van der Waals surface area (Å²) in [7, 11) is 0. The van der Waals surface area contributed by atoms with Crippen molar-refractivity contribution in [3.05, 3.63) is 35.9 Å². The Labute approximate surface area is 123 Å². The van der Waals surface area contributed by atoms with Crippen molar-refractivity contribution in [1.82, 2.24) is 0 Å². The molecule has 0 aromatic heterocycles. The van der Waals surface area contributed by atoms with E-state index in [-0.39, 0.29) is 16.7 Å². The highest BCUT2D eigenvalue weighted by molar-refractivity contribution is 5.27. The van der Waals surface area contributed by atoms with E-state index < -0.39 is 0 Å². The topological polar surface area (TPSA) is 35.2 Å². The molecule has 1 fully saturated rings. The van der Waals surface area contributed by atoms with Gasteiger partial charge in [-0.15, -0.1) is 0 Å². The van der Waals surface area contributed by atoms with Gasteiger partial charge in [0.25, 0.3) is 0 Å². The van der Waals surface area contributed by atoms with Crippen molar-refractivity contribution in [3.8, 4) is 0 Å². The minimum atomic E-state index is -0.312. The molecule has 0 radical (unpaired) electrons. The van der Waals surface area contributed by atoms with E-state index in [9.17, 15) is 0 Å². The number of rotatable bonds is 4. The lowest BCUT2D eigenvalue weighted by atomic mass is 9.67. The molecule has 2 rings (SSSR count). The summed E-state index contributed by atoms with van der Waals surface area (Å²) in [5.41, 5.74) is 7.59. The summed E-state index contributed by atoms with van der Waals surface area (Å²) in [5, 5.41) is 0. The van der Waals surface area contributed by atoms with E-state index in [2.05, 4.69) is 65.0 Å². The lowest BCUT2D eigenvalue weighted by Gasteiger charge is -2.42. The molecule has 2 unspecified atom stereocenters. The minimum Gasteiger partial charge on any atom is -0.369 e. The van der Waals surface area contributed by atoms with Crippen molar-refractivity contribution in [2.75, 3.05) is 0 Å². The van der Waals surface area contributed by atoms with E-state index in [0.29, 0.717) is 5.92 Å². The second-order valence-electron chi connectivity index (χ2n) is 7.38. The standard InChI is InChI=1S/C18H29NO/c1-6-12-18(19,14-10-8-7-9-11-14)15-13-16(2,3)20-17(15,4)5/h7-11,15H,6,12-13,19H2,1-5H3. The van der Waals surface area contributed by atoms with Gasteiger partial charge in [-0.25, -0.2) is 0 Å². The van der Waals surface area contributed by atoms with Crippen LogP contribution in [0.3, 0.4) is 0 Å². The fraction of sp³-hybridized carbons (Fsp3) is 0.667. The molecule has 1 aromatic rings. The number of benzene rings is 1. The molecular formula is C18H29NO. The van der Waals surface area contributed by atoms with Gasteiger partial charge in [0.15, 0.2) is 0 Å². The van der Waals surface area contributed by atoms with Crippen LogP contribution in [0.5, 0.6) is 0 Å². The summed E-state index contributed by atoms with van der Waals surface area (Å²) in [6.07, 6.45) is 3.08. The Morgan fingerprint density at radius 3 is 2.25 bits per heavy atom. The third kappa shape index (κ3) is 2.77. The largest absolute Gasteiger partial charge is 0.369 e. The van der Waals surface area contributed by atoms with Crippen molar-refractivity contribution < 1.29 is 4.74 Å². The van der Waals surface area contributed by atoms with Crippen LogP contribution in [0.15, 0.2) is 30.3 Å². The van der Waals surface area contributed by atoms with E-state index in [1.807, 2.05) is 0 Å². The Morgan fingerprint density at radius 1 is 1.20 bits per heavy atom. The lowest BCUT2D eigenvalue weighted by Crippen LogP contribution is -2.50. The molecule has 2 N–H and O–H groups in total. The van der Waals surface area contributed by atoms with Crippen LogP contribution in [-0.2, 0) is 10.3 Å². The van der Waals surface area contributed by atoms with E-state index in [1.165, 1.54) is 5.56 Å². The highest BCUT2D eigenvalue weighted by Crippen LogP contribution is 2.50. The summed E-state index contributed by atoms with van der Waals surface area (Å²) in [4.78, 5) is 0. The smallest absolute Gasteiger partial charge is 0.0683 e. The highest BCUT2D eigenvalue weighted by atomic mass is 16.5. The van der Waals surface area contributed by atoms with Crippen LogP contribution < -0.4 is 5.73 Å². The molecule has 1 heterocycles. The zero-order chi connectivity index (χ0) is 15.0. The van der Waals surface area contributed by atoms with Gasteiger partial charge < -0.3 is 10.5 Å². The van der Waals surface area contributed by atoms with Gasteiger partial charge in [-0.3, -0.25) is 0 Å². The minimum absolute atomic E-state index is 0.0959. The fourth-order valence-electron chi connectivity index (χ4n) is 4.05. The first-order valence-electron chi connectivity index (χ1n) is 7.76. The monoisotopic (exact) mass is 275 g/mol. The molecular weight excluding hydrogens is 246 g/mol. The van der Waals surface area contributed by atoms with Gasteiger partial charge in [0.1, 0.15) is 0 Å². The van der Waals surface area contributed by atoms with Gasteiger partial charge in [-0.1, -0.05) is 43.7 Å². The average molecular weight is 275 g/mol. The zero-order valence-electron chi connectivity index (χ0n) is 13.6. The van der Waals surface area contributed by atoms with Crippen LogP contribution in [0.25, 0.3) is 0 Å². The van der Waals surface area contributed by atoms with Gasteiger partial charge in [-0.2, -0.15) is 0 Å². The predicted octanol–water partition coefficient (Wildman–Crippen LogP) is 4.23. The molecule has 1 aromatic carbocycles. The zero-order valence-corrected chi connectivity index (χ0v) is 13.6. The van der Waals surface area contributed by atoms with Crippen molar-refractivity contribution >= 4 is 0 Å². The Balaban J connectivity index is 2.43. The molecule has 0 saturated carbocycles. The van der Waals surface area contributed by atoms with Crippen LogP contribution >= 0.6 is 0 Å². The Hall–Kier alpha value is -0.860. The maximum atomic E-state index is 6.95. The van der Waals surface area contributed by atoms with E-state index in [0.717, 1.165) is 19.3 Å². The van der Waals surface area contributed by atoms with Crippen LogP contribution in [0.2, 0.25) is 0 Å². The van der Waals surface area contributed by atoms with Gasteiger partial charge in [-0.05, 0) is 46.1 Å². The molecule has 1 saturated heterocycles. The summed E-state index contributed by atoms with van der Waals surface area (Å²) in [6.45, 7) is 10.9. The molecule has 2 nitrogen and oxygen atoms in total. The number of hydrogen-bond donors (Lipinski definition) is 1. The first-order valence-corrected chi connectivity index (χ1v) is 7.76. The van der Waals surface area contributed by atoms with Crippen molar-refractivity contribution in [2.24, 2.45) is 11.7 Å². The quantitative estimate of drug-likeness (QED) is 0.892. The maximum absolute atomic E-state index is 6.95. The molecule has 2 heteroatoms. The van der Waals surface area contributed by atoms with Gasteiger partial charge in [0.05, 0.1) is 11.2 Å². The molecule has 0 aliphatic carbocycles. The summed E-state index contributed by atoms with van der Waals surface area (Å²) in [5.74, 6) is 0.326. The van der Waals surface area contributed by atoms with Crippen molar-refractivity contribution in [3.63, 3.8) is 0 Å². The Morgan fingerprint density at radius 2 is 1.80 bits per heavy atom. The first-order chi connectivity index (χ1) is 9.21. The first kappa shape index (κ1) is 15.5. The van der Waals surface area contributed by atoms with Gasteiger partial charge >= 0.3 is 0 Å². The molecule has 20 heavy (non-hydrogen) atoms. The molecule has 1 aliphatic rings. The van der Waals surface area contributed by atoms with Crippen LogP contribution in [-0.4, -0.2) is 11.2 Å². The highest BCUT2D eigenvalue weighted by Gasteiger charge is 2.54. The Bertz CT molecular complexity index is 452. The van der Waals surface area contributed by atoms with Crippen LogP contribution in [0, 0.1) is 5.92 Å².